The average Bonchev–Trinajstić information content (AvgIpc) is 3.23. The Hall–Kier alpha value is -3.07. The molecule has 0 spiro atoms. The van der Waals surface area contributed by atoms with Gasteiger partial charge in [0.2, 0.25) is 5.75 Å². The molecule has 35 heavy (non-hydrogen) atoms. The fourth-order valence-corrected chi connectivity index (χ4v) is 6.59. The van der Waals surface area contributed by atoms with Gasteiger partial charge in [0.05, 0.1) is 26.7 Å². The van der Waals surface area contributed by atoms with Gasteiger partial charge in [-0.2, -0.15) is 0 Å². The monoisotopic (exact) mass is 496 g/mol. The number of carbonyl (C=O) groups is 1. The molecule has 0 N–H and O–H groups in total. The van der Waals surface area contributed by atoms with Gasteiger partial charge >= 0.3 is 0 Å². The van der Waals surface area contributed by atoms with Crippen LogP contribution in [0, 0.1) is 12.8 Å². The maximum absolute atomic E-state index is 13.4. The Balaban J connectivity index is 1.38. The lowest BCUT2D eigenvalue weighted by molar-refractivity contribution is 0.0745. The van der Waals surface area contributed by atoms with Gasteiger partial charge in [-0.05, 0) is 49.8 Å². The van der Waals surface area contributed by atoms with Crippen LogP contribution in [0.15, 0.2) is 12.1 Å². The summed E-state index contributed by atoms with van der Waals surface area (Å²) in [5, 5.41) is 1.23. The van der Waals surface area contributed by atoms with E-state index < -0.39 is 0 Å². The van der Waals surface area contributed by atoms with E-state index in [0.717, 1.165) is 48.3 Å². The Morgan fingerprint density at radius 3 is 2.34 bits per heavy atom. The molecule has 1 amide bonds. The summed E-state index contributed by atoms with van der Waals surface area (Å²) in [6.07, 6.45) is 3.44. The quantitative estimate of drug-likeness (QED) is 0.526. The van der Waals surface area contributed by atoms with E-state index in [4.69, 9.17) is 24.2 Å². The molecule has 9 heteroatoms. The molecule has 5 rings (SSSR count). The second-order valence-corrected chi connectivity index (χ2v) is 10.4. The van der Waals surface area contributed by atoms with Crippen LogP contribution < -0.4 is 19.1 Å². The number of aromatic nitrogens is 2. The summed E-state index contributed by atoms with van der Waals surface area (Å²) in [7, 11) is 4.66. The highest BCUT2D eigenvalue weighted by Crippen LogP contribution is 2.41. The number of hydrogen-bond donors (Lipinski definition) is 0. The number of benzene rings is 1. The fourth-order valence-electron chi connectivity index (χ4n) is 5.16. The summed E-state index contributed by atoms with van der Waals surface area (Å²) in [6, 6.07) is 3.43. The number of nitrogens with zero attached hydrogens (tertiary/aromatic N) is 4. The largest absolute Gasteiger partial charge is 0.493 e. The predicted octanol–water partition coefficient (Wildman–Crippen LogP) is 4.11. The third kappa shape index (κ3) is 4.26. The first-order chi connectivity index (χ1) is 16.9. The van der Waals surface area contributed by atoms with Crippen molar-refractivity contribution in [2.24, 2.45) is 5.92 Å². The van der Waals surface area contributed by atoms with Gasteiger partial charge in [0.1, 0.15) is 16.5 Å². The summed E-state index contributed by atoms with van der Waals surface area (Å²) >= 11 is 1.83. The first-order valence-corrected chi connectivity index (χ1v) is 12.9. The van der Waals surface area contributed by atoms with Crippen LogP contribution in [0.3, 0.4) is 0 Å². The van der Waals surface area contributed by atoms with E-state index in [-0.39, 0.29) is 5.91 Å². The Morgan fingerprint density at radius 2 is 1.71 bits per heavy atom. The second-order valence-electron chi connectivity index (χ2n) is 9.32. The Bertz CT molecular complexity index is 1240. The SMILES string of the molecule is COc1cc(C(=O)N2CCN(c3nc(C)nc4sc5c(c34)CC[C@@H](C)C5)CC2)cc(OC)c1OC. The van der Waals surface area contributed by atoms with Crippen molar-refractivity contribution in [2.75, 3.05) is 52.4 Å². The molecule has 0 saturated carbocycles. The standard InChI is InChI=1S/C26H32N4O4S/c1-15-6-7-18-21(12-15)35-25-22(18)24(27-16(2)28-25)29-8-10-30(11-9-29)26(31)17-13-19(32-3)23(34-5)20(14-17)33-4/h13-15H,6-12H2,1-5H3/t15-/m1/s1. The van der Waals surface area contributed by atoms with Gasteiger partial charge in [-0.1, -0.05) is 6.92 Å². The lowest BCUT2D eigenvalue weighted by atomic mass is 9.89. The maximum atomic E-state index is 13.4. The summed E-state index contributed by atoms with van der Waals surface area (Å²) in [5.41, 5.74) is 1.96. The van der Waals surface area contributed by atoms with Gasteiger partial charge in [0.15, 0.2) is 11.5 Å². The molecule has 1 aromatic carbocycles. The normalized spacial score (nSPS) is 17.9. The number of aryl methyl sites for hydroxylation is 2. The molecule has 0 radical (unpaired) electrons. The topological polar surface area (TPSA) is 77.0 Å². The lowest BCUT2D eigenvalue weighted by Crippen LogP contribution is -2.49. The summed E-state index contributed by atoms with van der Waals surface area (Å²) in [5.74, 6) is 3.93. The van der Waals surface area contributed by atoms with Gasteiger partial charge in [0.25, 0.3) is 5.91 Å². The Kier molecular flexibility index (Phi) is 6.44. The zero-order valence-corrected chi connectivity index (χ0v) is 21.8. The number of methoxy groups -OCH3 is 3. The van der Waals surface area contributed by atoms with Crippen LogP contribution in [0.5, 0.6) is 17.2 Å². The van der Waals surface area contributed by atoms with Crippen LogP contribution in [-0.2, 0) is 12.8 Å². The van der Waals surface area contributed by atoms with Gasteiger partial charge in [0, 0.05) is 36.6 Å². The fraction of sp³-hybridized carbons (Fsp3) is 0.500. The van der Waals surface area contributed by atoms with E-state index in [9.17, 15) is 4.79 Å². The highest BCUT2D eigenvalue weighted by atomic mass is 32.1. The van der Waals surface area contributed by atoms with Gasteiger partial charge in [-0.25, -0.2) is 9.97 Å². The van der Waals surface area contributed by atoms with Crippen molar-refractivity contribution in [2.45, 2.75) is 33.1 Å². The molecule has 3 heterocycles. The summed E-state index contributed by atoms with van der Waals surface area (Å²) < 4.78 is 16.3. The molecular weight excluding hydrogens is 464 g/mol. The minimum Gasteiger partial charge on any atom is -0.493 e. The van der Waals surface area contributed by atoms with E-state index in [1.807, 2.05) is 23.2 Å². The van der Waals surface area contributed by atoms with E-state index in [1.54, 1.807) is 33.5 Å². The number of hydrogen-bond acceptors (Lipinski definition) is 8. The molecule has 0 unspecified atom stereocenters. The minimum atomic E-state index is -0.0465. The number of piperazine rings is 1. The molecular formula is C26H32N4O4S. The van der Waals surface area contributed by atoms with Crippen LogP contribution >= 0.6 is 11.3 Å². The molecule has 8 nitrogen and oxygen atoms in total. The molecule has 3 aromatic rings. The van der Waals surface area contributed by atoms with Crippen LogP contribution in [0.25, 0.3) is 10.2 Å². The molecule has 1 saturated heterocycles. The van der Waals surface area contributed by atoms with Crippen molar-refractivity contribution in [3.05, 3.63) is 34.0 Å². The number of thiophene rings is 1. The van der Waals surface area contributed by atoms with E-state index >= 15 is 0 Å². The number of rotatable bonds is 5. The van der Waals surface area contributed by atoms with Gasteiger partial charge in [-0.15, -0.1) is 11.3 Å². The van der Waals surface area contributed by atoms with E-state index in [2.05, 4.69) is 11.8 Å². The van der Waals surface area contributed by atoms with Crippen molar-refractivity contribution in [3.8, 4) is 17.2 Å². The summed E-state index contributed by atoms with van der Waals surface area (Å²) in [6.45, 7) is 6.97. The van der Waals surface area contributed by atoms with Gasteiger partial charge in [-0.3, -0.25) is 4.79 Å². The smallest absolute Gasteiger partial charge is 0.254 e. The predicted molar refractivity (Wildman–Crippen MR) is 138 cm³/mol. The maximum Gasteiger partial charge on any atom is 0.254 e. The van der Waals surface area contributed by atoms with Crippen molar-refractivity contribution in [1.29, 1.82) is 0 Å². The summed E-state index contributed by atoms with van der Waals surface area (Å²) in [4.78, 5) is 29.8. The van der Waals surface area contributed by atoms with Crippen LogP contribution in [-0.4, -0.2) is 68.3 Å². The number of carbonyl (C=O) groups excluding carboxylic acids is 1. The lowest BCUT2D eigenvalue weighted by Gasteiger charge is -2.36. The Labute approximate surface area is 209 Å². The minimum absolute atomic E-state index is 0.0465. The third-order valence-electron chi connectivity index (χ3n) is 7.03. The molecule has 2 aliphatic rings. The van der Waals surface area contributed by atoms with Crippen molar-refractivity contribution >= 4 is 33.3 Å². The van der Waals surface area contributed by atoms with E-state index in [0.29, 0.717) is 35.9 Å². The van der Waals surface area contributed by atoms with Crippen molar-refractivity contribution in [1.82, 2.24) is 14.9 Å². The third-order valence-corrected chi connectivity index (χ3v) is 8.17. The highest BCUT2D eigenvalue weighted by Gasteiger charge is 2.29. The number of ether oxygens (including phenoxy) is 3. The molecule has 1 aliphatic carbocycles. The molecule has 1 atom stereocenters. The zero-order valence-electron chi connectivity index (χ0n) is 21.0. The number of amides is 1. The average molecular weight is 497 g/mol. The molecule has 186 valence electrons. The van der Waals surface area contributed by atoms with Gasteiger partial charge < -0.3 is 24.0 Å². The van der Waals surface area contributed by atoms with Crippen LogP contribution in [0.1, 0.15) is 40.0 Å². The zero-order chi connectivity index (χ0) is 24.7. The van der Waals surface area contributed by atoms with E-state index in [1.165, 1.54) is 22.2 Å². The number of anilines is 1. The second kappa shape index (κ2) is 9.53. The van der Waals surface area contributed by atoms with Crippen molar-refractivity contribution in [3.63, 3.8) is 0 Å². The first kappa shape index (κ1) is 23.7. The first-order valence-electron chi connectivity index (χ1n) is 12.1. The Morgan fingerprint density at radius 1 is 1.03 bits per heavy atom. The van der Waals surface area contributed by atoms with Crippen molar-refractivity contribution < 1.29 is 19.0 Å². The van der Waals surface area contributed by atoms with Crippen LogP contribution in [0.4, 0.5) is 5.82 Å². The van der Waals surface area contributed by atoms with Crippen LogP contribution in [0.2, 0.25) is 0 Å². The number of fused-ring (bicyclic) bond motifs is 3. The molecule has 1 aliphatic heterocycles. The molecule has 2 aromatic heterocycles. The highest BCUT2D eigenvalue weighted by molar-refractivity contribution is 7.19. The molecule has 1 fully saturated rings. The molecule has 0 bridgehead atoms.